The summed E-state index contributed by atoms with van der Waals surface area (Å²) in [6, 6.07) is 9.73. The molecule has 3 heteroatoms. The third kappa shape index (κ3) is 2.28. The highest BCUT2D eigenvalue weighted by atomic mass is 16.2. The highest BCUT2D eigenvalue weighted by Gasteiger charge is 2.35. The zero-order valence-corrected chi connectivity index (χ0v) is 9.85. The van der Waals surface area contributed by atoms with Crippen LogP contribution in [0.3, 0.4) is 0 Å². The molecule has 2 amide bonds. The minimum absolute atomic E-state index is 0.114. The van der Waals surface area contributed by atoms with E-state index in [-0.39, 0.29) is 24.3 Å². The van der Waals surface area contributed by atoms with Crippen molar-refractivity contribution >= 4 is 11.8 Å². The monoisotopic (exact) mass is 229 g/mol. The number of imide groups is 1. The minimum atomic E-state index is -0.224. The van der Waals surface area contributed by atoms with Gasteiger partial charge >= 0.3 is 0 Å². The number of nitrogens with zero attached hydrogens (tertiary/aromatic N) is 1. The SMILES string of the molecule is C=C1CC(=O)N(C(C)Cc2ccccc2)C1=O. The fourth-order valence-electron chi connectivity index (χ4n) is 2.12. The average molecular weight is 229 g/mol. The van der Waals surface area contributed by atoms with Crippen LogP contribution in [0.2, 0.25) is 0 Å². The lowest BCUT2D eigenvalue weighted by molar-refractivity contribution is -0.139. The van der Waals surface area contributed by atoms with Crippen LogP contribution in [0.25, 0.3) is 0 Å². The Morgan fingerprint density at radius 3 is 2.47 bits per heavy atom. The van der Waals surface area contributed by atoms with E-state index >= 15 is 0 Å². The quantitative estimate of drug-likeness (QED) is 0.586. The van der Waals surface area contributed by atoms with Gasteiger partial charge in [0.15, 0.2) is 0 Å². The molecule has 0 spiro atoms. The number of carbonyl (C=O) groups excluding carboxylic acids is 2. The minimum Gasteiger partial charge on any atom is -0.275 e. The van der Waals surface area contributed by atoms with Crippen LogP contribution in [0.1, 0.15) is 18.9 Å². The third-order valence-electron chi connectivity index (χ3n) is 2.97. The first-order chi connectivity index (χ1) is 8.09. The summed E-state index contributed by atoms with van der Waals surface area (Å²) in [7, 11) is 0. The molecule has 1 heterocycles. The summed E-state index contributed by atoms with van der Waals surface area (Å²) >= 11 is 0. The maximum absolute atomic E-state index is 11.8. The van der Waals surface area contributed by atoms with E-state index in [1.807, 2.05) is 37.3 Å². The van der Waals surface area contributed by atoms with Gasteiger partial charge in [-0.15, -0.1) is 0 Å². The second kappa shape index (κ2) is 4.53. The van der Waals surface area contributed by atoms with Gasteiger partial charge in [-0.1, -0.05) is 36.9 Å². The summed E-state index contributed by atoms with van der Waals surface area (Å²) in [4.78, 5) is 24.8. The van der Waals surface area contributed by atoms with Crippen LogP contribution in [-0.4, -0.2) is 22.8 Å². The first kappa shape index (κ1) is 11.6. The fraction of sp³-hybridized carbons (Fsp3) is 0.286. The molecule has 1 aromatic rings. The van der Waals surface area contributed by atoms with Crippen molar-refractivity contribution in [2.24, 2.45) is 0 Å². The molecule has 1 atom stereocenters. The van der Waals surface area contributed by atoms with Gasteiger partial charge in [0.25, 0.3) is 5.91 Å². The Balaban J connectivity index is 2.11. The second-order valence-electron chi connectivity index (χ2n) is 4.39. The van der Waals surface area contributed by atoms with E-state index in [9.17, 15) is 9.59 Å². The van der Waals surface area contributed by atoms with Gasteiger partial charge in [-0.3, -0.25) is 14.5 Å². The van der Waals surface area contributed by atoms with E-state index in [4.69, 9.17) is 0 Å². The van der Waals surface area contributed by atoms with Crippen molar-refractivity contribution in [3.05, 3.63) is 48.0 Å². The van der Waals surface area contributed by atoms with E-state index in [2.05, 4.69) is 6.58 Å². The molecular formula is C14H15NO2. The fourth-order valence-corrected chi connectivity index (χ4v) is 2.12. The summed E-state index contributed by atoms with van der Waals surface area (Å²) in [5.74, 6) is -0.359. The molecule has 88 valence electrons. The van der Waals surface area contributed by atoms with Crippen LogP contribution >= 0.6 is 0 Å². The zero-order chi connectivity index (χ0) is 12.4. The Bertz CT molecular complexity index is 464. The molecule has 17 heavy (non-hydrogen) atoms. The van der Waals surface area contributed by atoms with Gasteiger partial charge < -0.3 is 0 Å². The molecule has 0 aliphatic carbocycles. The largest absolute Gasteiger partial charge is 0.275 e. The van der Waals surface area contributed by atoms with Gasteiger partial charge in [0.05, 0.1) is 6.42 Å². The number of carbonyl (C=O) groups is 2. The second-order valence-corrected chi connectivity index (χ2v) is 4.39. The first-order valence-corrected chi connectivity index (χ1v) is 5.67. The highest BCUT2D eigenvalue weighted by molar-refractivity contribution is 6.13. The van der Waals surface area contributed by atoms with Gasteiger partial charge in [0, 0.05) is 11.6 Å². The van der Waals surface area contributed by atoms with Crippen molar-refractivity contribution in [2.45, 2.75) is 25.8 Å². The Morgan fingerprint density at radius 2 is 1.94 bits per heavy atom. The molecule has 1 unspecified atom stereocenters. The van der Waals surface area contributed by atoms with Crippen molar-refractivity contribution in [3.63, 3.8) is 0 Å². The summed E-state index contributed by atoms with van der Waals surface area (Å²) in [5.41, 5.74) is 1.52. The number of rotatable bonds is 3. The molecule has 0 aromatic heterocycles. The number of hydrogen-bond donors (Lipinski definition) is 0. The molecule has 1 aliphatic heterocycles. The van der Waals surface area contributed by atoms with Crippen LogP contribution in [-0.2, 0) is 16.0 Å². The first-order valence-electron chi connectivity index (χ1n) is 5.67. The van der Waals surface area contributed by atoms with E-state index in [0.717, 1.165) is 5.56 Å². The van der Waals surface area contributed by atoms with Gasteiger partial charge in [0.2, 0.25) is 5.91 Å². The van der Waals surface area contributed by atoms with Crippen LogP contribution in [0.4, 0.5) is 0 Å². The molecule has 1 fully saturated rings. The molecule has 2 rings (SSSR count). The molecule has 1 aromatic carbocycles. The van der Waals surface area contributed by atoms with E-state index in [1.54, 1.807) is 0 Å². The Morgan fingerprint density at radius 1 is 1.29 bits per heavy atom. The highest BCUT2D eigenvalue weighted by Crippen LogP contribution is 2.21. The summed E-state index contributed by atoms with van der Waals surface area (Å²) in [5, 5.41) is 0. The smallest absolute Gasteiger partial charge is 0.256 e. The van der Waals surface area contributed by atoms with Gasteiger partial charge in [0.1, 0.15) is 0 Å². The van der Waals surface area contributed by atoms with E-state index in [1.165, 1.54) is 4.90 Å². The van der Waals surface area contributed by atoms with Crippen molar-refractivity contribution in [1.82, 2.24) is 4.90 Å². The van der Waals surface area contributed by atoms with Crippen molar-refractivity contribution in [2.75, 3.05) is 0 Å². The molecular weight excluding hydrogens is 214 g/mol. The lowest BCUT2D eigenvalue weighted by atomic mass is 10.1. The van der Waals surface area contributed by atoms with Crippen LogP contribution in [0, 0.1) is 0 Å². The maximum atomic E-state index is 11.8. The average Bonchev–Trinajstić information content (AvgIpc) is 2.54. The van der Waals surface area contributed by atoms with Gasteiger partial charge in [-0.2, -0.15) is 0 Å². The molecule has 0 radical (unpaired) electrons. The Hall–Kier alpha value is -1.90. The van der Waals surface area contributed by atoms with E-state index in [0.29, 0.717) is 12.0 Å². The van der Waals surface area contributed by atoms with Crippen molar-refractivity contribution in [1.29, 1.82) is 0 Å². The molecule has 0 N–H and O–H groups in total. The van der Waals surface area contributed by atoms with Crippen LogP contribution in [0.5, 0.6) is 0 Å². The predicted octanol–water partition coefficient (Wildman–Crippen LogP) is 1.93. The van der Waals surface area contributed by atoms with Crippen molar-refractivity contribution in [3.8, 4) is 0 Å². The van der Waals surface area contributed by atoms with Gasteiger partial charge in [-0.25, -0.2) is 0 Å². The molecule has 3 nitrogen and oxygen atoms in total. The molecule has 0 bridgehead atoms. The van der Waals surface area contributed by atoms with E-state index < -0.39 is 0 Å². The lowest BCUT2D eigenvalue weighted by Crippen LogP contribution is -2.38. The Kier molecular flexibility index (Phi) is 3.09. The van der Waals surface area contributed by atoms with Crippen molar-refractivity contribution < 1.29 is 9.59 Å². The maximum Gasteiger partial charge on any atom is 0.256 e. The normalized spacial score (nSPS) is 17.7. The lowest BCUT2D eigenvalue weighted by Gasteiger charge is -2.22. The standard InChI is InChI=1S/C14H15NO2/c1-10-8-13(16)15(14(10)17)11(2)9-12-6-4-3-5-7-12/h3-7,11H,1,8-9H2,2H3. The summed E-state index contributed by atoms with van der Waals surface area (Å²) < 4.78 is 0. The summed E-state index contributed by atoms with van der Waals surface area (Å²) in [6.07, 6.45) is 0.851. The van der Waals surface area contributed by atoms with Crippen LogP contribution in [0.15, 0.2) is 42.5 Å². The third-order valence-corrected chi connectivity index (χ3v) is 2.97. The number of amides is 2. The molecule has 0 saturated carbocycles. The number of benzene rings is 1. The molecule has 1 saturated heterocycles. The number of likely N-dealkylation sites (tertiary alicyclic amines) is 1. The summed E-state index contributed by atoms with van der Waals surface area (Å²) in [6.45, 7) is 5.50. The van der Waals surface area contributed by atoms with Crippen LogP contribution < -0.4 is 0 Å². The predicted molar refractivity (Wildman–Crippen MR) is 65.2 cm³/mol. The van der Waals surface area contributed by atoms with Gasteiger partial charge in [-0.05, 0) is 18.9 Å². The topological polar surface area (TPSA) is 37.4 Å². The Labute approximate surface area is 101 Å². The molecule has 1 aliphatic rings. The zero-order valence-electron chi connectivity index (χ0n) is 9.85. The number of hydrogen-bond acceptors (Lipinski definition) is 2.